The van der Waals surface area contributed by atoms with Gasteiger partial charge in [0.25, 0.3) is 0 Å². The van der Waals surface area contributed by atoms with Crippen LogP contribution >= 0.6 is 0 Å². The van der Waals surface area contributed by atoms with E-state index in [-0.39, 0.29) is 16.6 Å². The van der Waals surface area contributed by atoms with E-state index < -0.39 is 0 Å². The van der Waals surface area contributed by atoms with Crippen molar-refractivity contribution in [1.29, 1.82) is 0 Å². The summed E-state index contributed by atoms with van der Waals surface area (Å²) in [6.07, 6.45) is 11.0. The van der Waals surface area contributed by atoms with Gasteiger partial charge in [-0.2, -0.15) is 0 Å². The Hall–Kier alpha value is -1.39. The highest BCUT2D eigenvalue weighted by atomic mass is 16.7. The van der Waals surface area contributed by atoms with E-state index in [1.807, 2.05) is 0 Å². The molecule has 5 aliphatic rings. The van der Waals surface area contributed by atoms with Crippen LogP contribution in [0.25, 0.3) is 0 Å². The lowest BCUT2D eigenvalue weighted by Gasteiger charge is -2.53. The van der Waals surface area contributed by atoms with Gasteiger partial charge in [-0.25, -0.2) is 4.58 Å². The molecule has 0 N–H and O–H groups in total. The highest BCUT2D eigenvalue weighted by Gasteiger charge is 2.67. The Kier molecular flexibility index (Phi) is 3.42. The maximum absolute atomic E-state index is 6.22. The minimum atomic E-state index is -0.360. The second-order valence-corrected chi connectivity index (χ2v) is 9.54. The van der Waals surface area contributed by atoms with Gasteiger partial charge in [0, 0.05) is 30.6 Å². The summed E-state index contributed by atoms with van der Waals surface area (Å²) in [5, 5.41) is 0. The Balaban J connectivity index is 1.48. The fourth-order valence-electron chi connectivity index (χ4n) is 6.59. The molecule has 2 aliphatic heterocycles. The third-order valence-electron chi connectivity index (χ3n) is 8.07. The summed E-state index contributed by atoms with van der Waals surface area (Å²) < 4.78 is 20.7. The number of benzene rings is 1. The van der Waals surface area contributed by atoms with E-state index in [9.17, 15) is 0 Å². The van der Waals surface area contributed by atoms with E-state index in [0.717, 1.165) is 57.1 Å². The first-order chi connectivity index (χ1) is 13.2. The quantitative estimate of drug-likeness (QED) is 0.767. The fraction of sp³-hybridized carbons (Fsp3) is 0.696. The number of hydrogen-bond acceptors (Lipinski definition) is 3. The van der Waals surface area contributed by atoms with Crippen molar-refractivity contribution < 1.29 is 18.8 Å². The fourth-order valence-corrected chi connectivity index (χ4v) is 6.59. The minimum absolute atomic E-state index is 0.125. The highest BCUT2D eigenvalue weighted by molar-refractivity contribution is 5.71. The Morgan fingerprint density at radius 2 is 2.00 bits per heavy atom. The van der Waals surface area contributed by atoms with Gasteiger partial charge in [-0.3, -0.25) is 0 Å². The van der Waals surface area contributed by atoms with Crippen LogP contribution in [0.1, 0.15) is 49.7 Å². The number of fused-ring (bicyclic) bond motifs is 1. The van der Waals surface area contributed by atoms with Crippen molar-refractivity contribution in [3.05, 3.63) is 29.3 Å². The number of methoxy groups -OCH3 is 1. The monoisotopic (exact) mass is 368 g/mol. The molecule has 1 saturated heterocycles. The van der Waals surface area contributed by atoms with Crippen LogP contribution in [0.3, 0.4) is 0 Å². The lowest BCUT2D eigenvalue weighted by atomic mass is 9.53. The molecule has 1 spiro atoms. The third kappa shape index (κ3) is 2.32. The van der Waals surface area contributed by atoms with Crippen molar-refractivity contribution in [2.45, 2.75) is 56.1 Å². The van der Waals surface area contributed by atoms with Crippen LogP contribution in [-0.2, 0) is 21.3 Å². The Morgan fingerprint density at radius 3 is 2.78 bits per heavy atom. The predicted molar refractivity (Wildman–Crippen MR) is 103 cm³/mol. The van der Waals surface area contributed by atoms with Gasteiger partial charge in [-0.1, -0.05) is 6.07 Å². The zero-order valence-corrected chi connectivity index (χ0v) is 16.3. The Morgan fingerprint density at radius 1 is 1.15 bits per heavy atom. The average Bonchev–Trinajstić information content (AvgIpc) is 3.30. The molecule has 0 unspecified atom stereocenters. The lowest BCUT2D eigenvalue weighted by Crippen LogP contribution is -2.59. The van der Waals surface area contributed by atoms with E-state index in [4.69, 9.17) is 14.2 Å². The zero-order valence-electron chi connectivity index (χ0n) is 16.3. The predicted octanol–water partition coefficient (Wildman–Crippen LogP) is 3.30. The molecular formula is C23H30NO3+. The topological polar surface area (TPSA) is 30.7 Å². The molecule has 27 heavy (non-hydrogen) atoms. The molecule has 6 rings (SSSR count). The molecule has 1 aromatic rings. The largest absolute Gasteiger partial charge is 0.497 e. The molecule has 4 nitrogen and oxygen atoms in total. The molecule has 2 saturated carbocycles. The van der Waals surface area contributed by atoms with E-state index in [1.54, 1.807) is 7.11 Å². The SMILES string of the molecule is COc1ccc2c(c1)[C@]13CC[N+](CC4CC4)=C[C@@]1(CCC1(C3)OCCO1)C2. The van der Waals surface area contributed by atoms with E-state index >= 15 is 0 Å². The zero-order chi connectivity index (χ0) is 18.1. The molecule has 2 atom stereocenters. The van der Waals surface area contributed by atoms with E-state index in [1.165, 1.54) is 36.9 Å². The van der Waals surface area contributed by atoms with Crippen LogP contribution in [-0.4, -0.2) is 50.0 Å². The molecule has 3 fully saturated rings. The molecule has 0 amide bonds. The van der Waals surface area contributed by atoms with Gasteiger partial charge in [0.1, 0.15) is 25.1 Å². The molecule has 0 radical (unpaired) electrons. The van der Waals surface area contributed by atoms with Crippen molar-refractivity contribution in [2.75, 3.05) is 33.4 Å². The van der Waals surface area contributed by atoms with Gasteiger partial charge in [0.15, 0.2) is 5.79 Å². The minimum Gasteiger partial charge on any atom is -0.497 e. The van der Waals surface area contributed by atoms with Crippen LogP contribution in [0.15, 0.2) is 18.2 Å². The number of nitrogens with zero attached hydrogens (tertiary/aromatic N) is 1. The second-order valence-electron chi connectivity index (χ2n) is 9.54. The number of ether oxygens (including phenoxy) is 3. The van der Waals surface area contributed by atoms with Gasteiger partial charge >= 0.3 is 0 Å². The van der Waals surface area contributed by atoms with Crippen molar-refractivity contribution in [3.8, 4) is 5.75 Å². The molecule has 2 heterocycles. The Labute approximate surface area is 161 Å². The number of hydrogen-bond donors (Lipinski definition) is 0. The maximum Gasteiger partial charge on any atom is 0.169 e. The normalized spacial score (nSPS) is 36.1. The van der Waals surface area contributed by atoms with Crippen LogP contribution in [0.2, 0.25) is 0 Å². The first-order valence-electron chi connectivity index (χ1n) is 10.7. The lowest BCUT2D eigenvalue weighted by molar-refractivity contribution is -0.540. The van der Waals surface area contributed by atoms with Crippen molar-refractivity contribution >= 4 is 6.21 Å². The molecule has 0 aromatic heterocycles. The van der Waals surface area contributed by atoms with Gasteiger partial charge in [0.2, 0.25) is 0 Å². The summed E-state index contributed by atoms with van der Waals surface area (Å²) in [6.45, 7) is 3.90. The van der Waals surface area contributed by atoms with Crippen LogP contribution < -0.4 is 4.74 Å². The van der Waals surface area contributed by atoms with E-state index in [0.29, 0.717) is 0 Å². The van der Waals surface area contributed by atoms with Crippen molar-refractivity contribution in [2.24, 2.45) is 11.3 Å². The first kappa shape index (κ1) is 16.6. The molecular weight excluding hydrogens is 338 g/mol. The molecule has 144 valence electrons. The number of rotatable bonds is 3. The standard InChI is InChI=1S/C23H30NO3/c1-25-19-5-4-18-13-21-6-7-23(26-10-11-27-23)15-22(21,20(18)12-19)8-9-24(16-21)14-17-2-3-17/h4-5,12,16-17H,2-3,6-11,13-15H2,1H3/q+1/t21-,22-/m1/s1. The summed E-state index contributed by atoms with van der Waals surface area (Å²) in [5.41, 5.74) is 3.35. The summed E-state index contributed by atoms with van der Waals surface area (Å²) in [6, 6.07) is 6.76. The van der Waals surface area contributed by atoms with Gasteiger partial charge in [-0.05, 0) is 48.9 Å². The average molecular weight is 368 g/mol. The molecule has 0 bridgehead atoms. The highest BCUT2D eigenvalue weighted by Crippen LogP contribution is 2.64. The maximum atomic E-state index is 6.22. The Bertz CT molecular complexity index is 808. The summed E-state index contributed by atoms with van der Waals surface area (Å²) in [4.78, 5) is 0. The first-order valence-corrected chi connectivity index (χ1v) is 10.7. The van der Waals surface area contributed by atoms with E-state index in [2.05, 4.69) is 29.0 Å². The van der Waals surface area contributed by atoms with Crippen LogP contribution in [0.4, 0.5) is 0 Å². The van der Waals surface area contributed by atoms with Gasteiger partial charge in [0.05, 0.1) is 25.7 Å². The van der Waals surface area contributed by atoms with Crippen molar-refractivity contribution in [1.82, 2.24) is 0 Å². The summed E-state index contributed by atoms with van der Waals surface area (Å²) in [7, 11) is 1.78. The molecule has 3 aliphatic carbocycles. The summed E-state index contributed by atoms with van der Waals surface area (Å²) in [5.74, 6) is 1.55. The third-order valence-corrected chi connectivity index (χ3v) is 8.07. The van der Waals surface area contributed by atoms with Crippen LogP contribution in [0.5, 0.6) is 5.75 Å². The van der Waals surface area contributed by atoms with Crippen LogP contribution in [0, 0.1) is 11.3 Å². The smallest absolute Gasteiger partial charge is 0.169 e. The van der Waals surface area contributed by atoms with Gasteiger partial charge in [-0.15, -0.1) is 0 Å². The van der Waals surface area contributed by atoms with Gasteiger partial charge < -0.3 is 14.2 Å². The molecule has 4 heteroatoms. The molecule has 1 aromatic carbocycles. The summed E-state index contributed by atoms with van der Waals surface area (Å²) >= 11 is 0. The second kappa shape index (κ2) is 5.57. The van der Waals surface area contributed by atoms with Crippen molar-refractivity contribution in [3.63, 3.8) is 0 Å².